The molecule has 1 atom stereocenters. The average molecular weight is 479 g/mol. The molecule has 0 saturated heterocycles. The number of hydrogen-bond donors (Lipinski definition) is 0. The van der Waals surface area contributed by atoms with Crippen molar-refractivity contribution in [3.05, 3.63) is 59.9 Å². The second-order valence-corrected chi connectivity index (χ2v) is 8.16. The highest BCUT2D eigenvalue weighted by Gasteiger charge is 2.24. The molecular weight excluding hydrogens is 456 g/mol. The van der Waals surface area contributed by atoms with Gasteiger partial charge in [-0.2, -0.15) is 4.98 Å². The molecule has 8 nitrogen and oxygen atoms in total. The first kappa shape index (κ1) is 22.7. The molecular formula is C25H23F2N5O3. The molecule has 0 aliphatic rings. The van der Waals surface area contributed by atoms with Crippen LogP contribution in [0.4, 0.5) is 8.78 Å². The summed E-state index contributed by atoms with van der Waals surface area (Å²) in [7, 11) is 1.58. The van der Waals surface area contributed by atoms with E-state index < -0.39 is 13.0 Å². The molecule has 0 spiro atoms. The number of alkyl halides is 2. The molecule has 0 saturated carbocycles. The number of aryl methyl sites for hydroxylation is 2. The molecule has 1 aromatic carbocycles. The van der Waals surface area contributed by atoms with Crippen molar-refractivity contribution < 1.29 is 22.8 Å². The quantitative estimate of drug-likeness (QED) is 0.304. The van der Waals surface area contributed by atoms with E-state index in [0.717, 1.165) is 27.9 Å². The highest BCUT2D eigenvalue weighted by atomic mass is 19.3. The van der Waals surface area contributed by atoms with Gasteiger partial charge in [0, 0.05) is 17.1 Å². The van der Waals surface area contributed by atoms with E-state index in [0.29, 0.717) is 28.1 Å². The van der Waals surface area contributed by atoms with Gasteiger partial charge in [0.05, 0.1) is 47.3 Å². The van der Waals surface area contributed by atoms with Crippen LogP contribution in [-0.4, -0.2) is 44.8 Å². The Bertz CT molecular complexity index is 1500. The Labute approximate surface area is 199 Å². The summed E-state index contributed by atoms with van der Waals surface area (Å²) in [6.45, 7) is 4.84. The Hall–Kier alpha value is -4.08. The lowest BCUT2D eigenvalue weighted by atomic mass is 10.0. The van der Waals surface area contributed by atoms with Gasteiger partial charge in [0.1, 0.15) is 17.0 Å². The minimum absolute atomic E-state index is 0.0709. The third-order valence-electron chi connectivity index (χ3n) is 5.95. The second kappa shape index (κ2) is 8.94. The second-order valence-electron chi connectivity index (χ2n) is 8.16. The Morgan fingerprint density at radius 1 is 1.11 bits per heavy atom. The molecule has 4 heterocycles. The molecule has 5 rings (SSSR count). The first-order valence-electron chi connectivity index (χ1n) is 11.0. The summed E-state index contributed by atoms with van der Waals surface area (Å²) in [4.78, 5) is 13.5. The average Bonchev–Trinajstić information content (AvgIpc) is 3.41. The highest BCUT2D eigenvalue weighted by molar-refractivity contribution is 6.05. The molecule has 0 amide bonds. The van der Waals surface area contributed by atoms with Crippen LogP contribution in [0.2, 0.25) is 0 Å². The number of nitrogens with zero attached hydrogens (tertiary/aromatic N) is 5. The largest absolute Gasteiger partial charge is 0.496 e. The predicted octanol–water partition coefficient (Wildman–Crippen LogP) is 5.51. The van der Waals surface area contributed by atoms with Gasteiger partial charge >= 0.3 is 0 Å². The molecule has 4 aromatic heterocycles. The molecule has 0 aliphatic heterocycles. The minimum Gasteiger partial charge on any atom is -0.496 e. The van der Waals surface area contributed by atoms with Gasteiger partial charge in [0.25, 0.3) is 12.4 Å². The monoisotopic (exact) mass is 479 g/mol. The number of hydrogen-bond acceptors (Lipinski definition) is 7. The summed E-state index contributed by atoms with van der Waals surface area (Å²) in [5.41, 5.74) is 4.96. The molecule has 0 N–H and O–H groups in total. The number of halogens is 2. The van der Waals surface area contributed by atoms with Crippen LogP contribution in [0.3, 0.4) is 0 Å². The Morgan fingerprint density at radius 3 is 2.60 bits per heavy atom. The maximum absolute atomic E-state index is 13.0. The number of methoxy groups -OCH3 is 1. The highest BCUT2D eigenvalue weighted by Crippen LogP contribution is 2.40. The van der Waals surface area contributed by atoms with Gasteiger partial charge in [-0.25, -0.2) is 8.78 Å². The summed E-state index contributed by atoms with van der Waals surface area (Å²) in [5.74, 6) is 1.26. The van der Waals surface area contributed by atoms with E-state index in [1.807, 2.05) is 51.1 Å². The first-order valence-corrected chi connectivity index (χ1v) is 11.0. The fraction of sp³-hybridized carbons (Fsp3) is 0.280. The molecule has 180 valence electrons. The van der Waals surface area contributed by atoms with Crippen molar-refractivity contribution in [2.75, 3.05) is 13.7 Å². The number of rotatable bonds is 7. The first-order chi connectivity index (χ1) is 16.9. The molecule has 0 fully saturated rings. The van der Waals surface area contributed by atoms with Crippen molar-refractivity contribution >= 4 is 21.9 Å². The lowest BCUT2D eigenvalue weighted by molar-refractivity contribution is 0.0748. The van der Waals surface area contributed by atoms with E-state index in [9.17, 15) is 8.78 Å². The van der Waals surface area contributed by atoms with Crippen molar-refractivity contribution in [2.24, 2.45) is 0 Å². The molecule has 35 heavy (non-hydrogen) atoms. The Morgan fingerprint density at radius 2 is 1.94 bits per heavy atom. The molecule has 0 aliphatic carbocycles. The number of imidazole rings is 1. The van der Waals surface area contributed by atoms with Crippen LogP contribution in [0.25, 0.3) is 33.1 Å². The van der Waals surface area contributed by atoms with Crippen LogP contribution in [0.15, 0.2) is 47.2 Å². The van der Waals surface area contributed by atoms with Gasteiger partial charge in [-0.15, -0.1) is 0 Å². The van der Waals surface area contributed by atoms with Gasteiger partial charge in [-0.3, -0.25) is 14.5 Å². The van der Waals surface area contributed by atoms with Crippen molar-refractivity contribution in [1.29, 1.82) is 0 Å². The van der Waals surface area contributed by atoms with E-state index in [1.165, 1.54) is 0 Å². The lowest BCUT2D eigenvalue weighted by Crippen LogP contribution is -2.14. The standard InChI is InChI=1S/C25H23F2N5O3/c1-13-23(15(3)35-31-13)17-9-19-16(10-21(17)33-4)24-20(11-29-19)30-25(34-12-22(26)27)32(24)14(2)18-7-5-6-8-28-18/h5-11,14,22H,12H2,1-4H3/t14-/m1/s1. The van der Waals surface area contributed by atoms with Crippen molar-refractivity contribution in [2.45, 2.75) is 33.2 Å². The lowest BCUT2D eigenvalue weighted by Gasteiger charge is -2.18. The number of aromatic nitrogens is 5. The molecule has 0 radical (unpaired) electrons. The summed E-state index contributed by atoms with van der Waals surface area (Å²) >= 11 is 0. The number of pyridine rings is 2. The topological polar surface area (TPSA) is 88.1 Å². The SMILES string of the molecule is COc1cc2c(cc1-c1c(C)noc1C)ncc1nc(OCC(F)F)n([C@H](C)c3ccccn3)c12. The summed E-state index contributed by atoms with van der Waals surface area (Å²) < 4.78 is 44.3. The molecule has 0 bridgehead atoms. The number of benzene rings is 1. The predicted molar refractivity (Wildman–Crippen MR) is 126 cm³/mol. The van der Waals surface area contributed by atoms with E-state index in [2.05, 4.69) is 20.1 Å². The maximum Gasteiger partial charge on any atom is 0.298 e. The summed E-state index contributed by atoms with van der Waals surface area (Å²) in [5, 5.41) is 4.79. The minimum atomic E-state index is -2.64. The van der Waals surface area contributed by atoms with Crippen LogP contribution in [-0.2, 0) is 0 Å². The Kier molecular flexibility index (Phi) is 5.80. The van der Waals surface area contributed by atoms with Crippen molar-refractivity contribution in [3.63, 3.8) is 0 Å². The normalized spacial score (nSPS) is 12.5. The van der Waals surface area contributed by atoms with Gasteiger partial charge in [0.15, 0.2) is 6.61 Å². The van der Waals surface area contributed by atoms with Gasteiger partial charge < -0.3 is 14.0 Å². The van der Waals surface area contributed by atoms with E-state index in [4.69, 9.17) is 14.0 Å². The molecule has 10 heteroatoms. The van der Waals surface area contributed by atoms with Crippen LogP contribution < -0.4 is 9.47 Å². The molecule has 0 unspecified atom stereocenters. The van der Waals surface area contributed by atoms with Crippen LogP contribution in [0.1, 0.15) is 30.1 Å². The molecule has 5 aromatic rings. The zero-order valence-electron chi connectivity index (χ0n) is 19.6. The van der Waals surface area contributed by atoms with Crippen LogP contribution >= 0.6 is 0 Å². The van der Waals surface area contributed by atoms with E-state index in [-0.39, 0.29) is 12.1 Å². The van der Waals surface area contributed by atoms with Crippen LogP contribution in [0, 0.1) is 13.8 Å². The van der Waals surface area contributed by atoms with Crippen LogP contribution in [0.5, 0.6) is 11.8 Å². The third-order valence-corrected chi connectivity index (χ3v) is 5.95. The zero-order chi connectivity index (χ0) is 24.7. The van der Waals surface area contributed by atoms with Crippen molar-refractivity contribution in [3.8, 4) is 22.9 Å². The number of fused-ring (bicyclic) bond motifs is 3. The fourth-order valence-corrected chi connectivity index (χ4v) is 4.37. The smallest absolute Gasteiger partial charge is 0.298 e. The third kappa shape index (κ3) is 3.94. The summed E-state index contributed by atoms with van der Waals surface area (Å²) in [6, 6.07) is 9.04. The van der Waals surface area contributed by atoms with E-state index in [1.54, 1.807) is 24.1 Å². The fourth-order valence-electron chi connectivity index (χ4n) is 4.37. The van der Waals surface area contributed by atoms with Gasteiger partial charge in [-0.05, 0) is 45.0 Å². The van der Waals surface area contributed by atoms with E-state index >= 15 is 0 Å². The van der Waals surface area contributed by atoms with Gasteiger partial charge in [0.2, 0.25) is 0 Å². The van der Waals surface area contributed by atoms with Crippen molar-refractivity contribution in [1.82, 2.24) is 24.7 Å². The zero-order valence-corrected chi connectivity index (χ0v) is 19.6. The maximum atomic E-state index is 13.0. The summed E-state index contributed by atoms with van der Waals surface area (Å²) in [6.07, 6.45) is 0.655. The Balaban J connectivity index is 1.79. The number of ether oxygens (including phenoxy) is 2. The van der Waals surface area contributed by atoms with Gasteiger partial charge in [-0.1, -0.05) is 11.2 Å².